The van der Waals surface area contributed by atoms with Gasteiger partial charge in [0.2, 0.25) is 0 Å². The maximum absolute atomic E-state index is 2.41. The van der Waals surface area contributed by atoms with E-state index in [1.54, 1.807) is 0 Å². The van der Waals surface area contributed by atoms with Gasteiger partial charge in [-0.3, -0.25) is 0 Å². The molecule has 0 aliphatic heterocycles. The second-order valence-corrected chi connectivity index (χ2v) is 8.01. The van der Waals surface area contributed by atoms with Crippen molar-refractivity contribution in [3.05, 3.63) is 130 Å². The maximum Gasteiger partial charge on any atom is 0.0713 e. The molecule has 1 atom stereocenters. The van der Waals surface area contributed by atoms with E-state index in [9.17, 15) is 0 Å². The average molecular weight is 361 g/mol. The fourth-order valence-electron chi connectivity index (χ4n) is 4.82. The van der Waals surface area contributed by atoms with Gasteiger partial charge in [-0.25, -0.2) is 0 Å². The summed E-state index contributed by atoms with van der Waals surface area (Å²) in [4.78, 5) is 0. The summed E-state index contributed by atoms with van der Waals surface area (Å²) in [5, 5.41) is 0. The van der Waals surface area contributed by atoms with Crippen LogP contribution in [0.25, 0.3) is 11.1 Å². The van der Waals surface area contributed by atoms with Crippen LogP contribution in [0.15, 0.2) is 91.0 Å². The van der Waals surface area contributed by atoms with Crippen molar-refractivity contribution in [3.63, 3.8) is 0 Å². The van der Waals surface area contributed by atoms with Crippen molar-refractivity contribution in [1.29, 1.82) is 0 Å². The molecule has 1 unspecified atom stereocenters. The van der Waals surface area contributed by atoms with Crippen molar-refractivity contribution in [2.75, 3.05) is 0 Å². The minimum Gasteiger partial charge on any atom is -0.0622 e. The van der Waals surface area contributed by atoms with Gasteiger partial charge in [-0.15, -0.1) is 0 Å². The summed E-state index contributed by atoms with van der Waals surface area (Å²) in [7, 11) is 0. The number of hydrogen-bond donors (Lipinski definition) is 0. The highest BCUT2D eigenvalue weighted by molar-refractivity contribution is 5.86. The van der Waals surface area contributed by atoms with Crippen molar-refractivity contribution >= 4 is 0 Å². The van der Waals surface area contributed by atoms with Crippen LogP contribution in [0.4, 0.5) is 0 Å². The molecule has 4 aromatic carbocycles. The van der Waals surface area contributed by atoms with E-state index in [-0.39, 0.29) is 5.41 Å². The zero-order valence-electron chi connectivity index (χ0n) is 16.7. The fraction of sp³-hybridized carbons (Fsp3) is 0.143. The van der Waals surface area contributed by atoms with Gasteiger partial charge in [-0.1, -0.05) is 96.6 Å². The third kappa shape index (κ3) is 2.24. The fourth-order valence-corrected chi connectivity index (χ4v) is 4.82. The van der Waals surface area contributed by atoms with Gasteiger partial charge >= 0.3 is 0 Å². The van der Waals surface area contributed by atoms with Crippen LogP contribution in [-0.2, 0) is 5.41 Å². The van der Waals surface area contributed by atoms with Gasteiger partial charge in [0.05, 0.1) is 5.41 Å². The molecule has 0 amide bonds. The number of hydrogen-bond acceptors (Lipinski definition) is 0. The first-order valence-electron chi connectivity index (χ1n) is 9.96. The van der Waals surface area contributed by atoms with E-state index in [1.165, 1.54) is 50.1 Å². The Hall–Kier alpha value is -3.12. The minimum atomic E-state index is -0.278. The van der Waals surface area contributed by atoms with Gasteiger partial charge in [0.25, 0.3) is 0 Å². The molecule has 0 radical (unpaired) electrons. The summed E-state index contributed by atoms with van der Waals surface area (Å²) in [5.41, 5.74) is 11.9. The molecule has 28 heavy (non-hydrogen) atoms. The lowest BCUT2D eigenvalue weighted by Crippen LogP contribution is -2.28. The Morgan fingerprint density at radius 2 is 1.11 bits per heavy atom. The monoisotopic (exact) mass is 360 g/mol. The van der Waals surface area contributed by atoms with E-state index in [0.29, 0.717) is 0 Å². The van der Waals surface area contributed by atoms with Gasteiger partial charge in [-0.2, -0.15) is 0 Å². The lowest BCUT2D eigenvalue weighted by atomic mass is 9.67. The quantitative estimate of drug-likeness (QED) is 0.319. The van der Waals surface area contributed by atoms with Crippen molar-refractivity contribution in [2.45, 2.75) is 26.2 Å². The van der Waals surface area contributed by atoms with Crippen LogP contribution in [0, 0.1) is 20.8 Å². The van der Waals surface area contributed by atoms with Crippen LogP contribution in [0.2, 0.25) is 0 Å². The number of aryl methyl sites for hydroxylation is 3. The van der Waals surface area contributed by atoms with E-state index in [0.717, 1.165) is 0 Å². The molecule has 1 aliphatic carbocycles. The Balaban J connectivity index is 1.98. The zero-order chi connectivity index (χ0) is 19.3. The molecule has 4 aromatic rings. The second kappa shape index (κ2) is 6.21. The standard InChI is InChI=1S/C28H24/c1-19-13-15-23(16-14-19)28(22-9-5-4-6-10-22)26-12-8-7-11-24(26)25-17-20(2)21(3)18-27(25)28/h4-18H,1-3H3. The molecule has 0 bridgehead atoms. The molecule has 5 rings (SSSR count). The molecule has 136 valence electrons. The van der Waals surface area contributed by atoms with Crippen LogP contribution >= 0.6 is 0 Å². The Morgan fingerprint density at radius 1 is 0.500 bits per heavy atom. The molecule has 0 spiro atoms. The SMILES string of the molecule is Cc1ccc(C2(c3ccccc3)c3ccccc3-c3cc(C)c(C)cc32)cc1. The van der Waals surface area contributed by atoms with Gasteiger partial charge in [0.1, 0.15) is 0 Å². The van der Waals surface area contributed by atoms with Crippen molar-refractivity contribution in [2.24, 2.45) is 0 Å². The normalized spacial score (nSPS) is 17.2. The predicted octanol–water partition coefficient (Wildman–Crippen LogP) is 6.97. The topological polar surface area (TPSA) is 0 Å². The van der Waals surface area contributed by atoms with Crippen LogP contribution in [0.5, 0.6) is 0 Å². The molecule has 0 heterocycles. The van der Waals surface area contributed by atoms with E-state index in [1.807, 2.05) is 0 Å². The van der Waals surface area contributed by atoms with Crippen LogP contribution in [0.1, 0.15) is 38.9 Å². The van der Waals surface area contributed by atoms with E-state index in [4.69, 9.17) is 0 Å². The second-order valence-electron chi connectivity index (χ2n) is 8.01. The Kier molecular flexibility index (Phi) is 3.77. The predicted molar refractivity (Wildman–Crippen MR) is 118 cm³/mol. The third-order valence-corrected chi connectivity index (χ3v) is 6.35. The molecular weight excluding hydrogens is 336 g/mol. The summed E-state index contributed by atoms with van der Waals surface area (Å²) in [6.07, 6.45) is 0. The maximum atomic E-state index is 2.41. The summed E-state index contributed by atoms with van der Waals surface area (Å²) in [6, 6.07) is 33.8. The highest BCUT2D eigenvalue weighted by Crippen LogP contribution is 2.56. The first-order valence-corrected chi connectivity index (χ1v) is 9.96. The van der Waals surface area contributed by atoms with E-state index >= 15 is 0 Å². The molecule has 0 N–H and O–H groups in total. The first kappa shape index (κ1) is 17.0. The average Bonchev–Trinajstić information content (AvgIpc) is 3.00. The smallest absolute Gasteiger partial charge is 0.0622 e. The molecule has 0 fully saturated rings. The molecular formula is C28H24. The molecule has 0 nitrogen and oxygen atoms in total. The van der Waals surface area contributed by atoms with E-state index in [2.05, 4.69) is 112 Å². The van der Waals surface area contributed by atoms with Gasteiger partial charge < -0.3 is 0 Å². The third-order valence-electron chi connectivity index (χ3n) is 6.35. The van der Waals surface area contributed by atoms with Gasteiger partial charge in [0, 0.05) is 0 Å². The van der Waals surface area contributed by atoms with Crippen molar-refractivity contribution in [1.82, 2.24) is 0 Å². The Morgan fingerprint density at radius 3 is 1.86 bits per heavy atom. The number of fused-ring (bicyclic) bond motifs is 3. The molecule has 0 saturated heterocycles. The highest BCUT2D eigenvalue weighted by atomic mass is 14.5. The lowest BCUT2D eigenvalue weighted by Gasteiger charge is -2.34. The van der Waals surface area contributed by atoms with Crippen molar-refractivity contribution < 1.29 is 0 Å². The van der Waals surface area contributed by atoms with Gasteiger partial charge in [0.15, 0.2) is 0 Å². The summed E-state index contributed by atoms with van der Waals surface area (Å²) in [6.45, 7) is 6.60. The summed E-state index contributed by atoms with van der Waals surface area (Å²) >= 11 is 0. The zero-order valence-corrected chi connectivity index (χ0v) is 16.7. The van der Waals surface area contributed by atoms with Gasteiger partial charge in [-0.05, 0) is 65.3 Å². The molecule has 0 aromatic heterocycles. The van der Waals surface area contributed by atoms with Crippen LogP contribution in [0.3, 0.4) is 0 Å². The largest absolute Gasteiger partial charge is 0.0713 e. The molecule has 0 saturated carbocycles. The lowest BCUT2D eigenvalue weighted by molar-refractivity contribution is 0.766. The Labute approximate surface area is 167 Å². The van der Waals surface area contributed by atoms with E-state index < -0.39 is 0 Å². The summed E-state index contributed by atoms with van der Waals surface area (Å²) in [5.74, 6) is 0. The first-order chi connectivity index (χ1) is 13.6. The highest BCUT2D eigenvalue weighted by Gasteiger charge is 2.46. The molecule has 0 heteroatoms. The number of rotatable bonds is 2. The van der Waals surface area contributed by atoms with Crippen molar-refractivity contribution in [3.8, 4) is 11.1 Å². The van der Waals surface area contributed by atoms with Crippen LogP contribution < -0.4 is 0 Å². The summed E-state index contributed by atoms with van der Waals surface area (Å²) < 4.78 is 0. The minimum absolute atomic E-state index is 0.278. The van der Waals surface area contributed by atoms with Crippen LogP contribution in [-0.4, -0.2) is 0 Å². The molecule has 1 aliphatic rings. The Bertz CT molecular complexity index is 1170. The number of benzene rings is 4.